The van der Waals surface area contributed by atoms with Crippen molar-refractivity contribution in [1.29, 1.82) is 0 Å². The van der Waals surface area contributed by atoms with Gasteiger partial charge in [0.2, 0.25) is 0 Å². The summed E-state index contributed by atoms with van der Waals surface area (Å²) in [6.07, 6.45) is -2.60. The third-order valence-corrected chi connectivity index (χ3v) is 4.66. The zero-order valence-corrected chi connectivity index (χ0v) is 13.4. The lowest BCUT2D eigenvalue weighted by molar-refractivity contribution is 0.00578. The number of halogens is 2. The van der Waals surface area contributed by atoms with Crippen molar-refractivity contribution in [2.24, 2.45) is 7.05 Å². The Kier molecular flexibility index (Phi) is 3.34. The summed E-state index contributed by atoms with van der Waals surface area (Å²) in [5.41, 5.74) is 1.08. The fourth-order valence-electron chi connectivity index (χ4n) is 2.56. The van der Waals surface area contributed by atoms with Crippen LogP contribution in [0.3, 0.4) is 0 Å². The molecule has 118 valence electrons. The minimum Gasteiger partial charge on any atom is -0.399 e. The van der Waals surface area contributed by atoms with E-state index in [1.807, 2.05) is 33.8 Å². The summed E-state index contributed by atoms with van der Waals surface area (Å²) < 4.78 is 39.2. The van der Waals surface area contributed by atoms with Crippen molar-refractivity contribution in [2.45, 2.75) is 45.3 Å². The number of aromatic nitrogens is 2. The maximum Gasteiger partial charge on any atom is 0.494 e. The predicted octanol–water partition coefficient (Wildman–Crippen LogP) is 2.81. The lowest BCUT2D eigenvalue weighted by atomic mass is 9.79. The Morgan fingerprint density at radius 3 is 2.27 bits per heavy atom. The van der Waals surface area contributed by atoms with Crippen LogP contribution in [-0.2, 0) is 16.4 Å². The van der Waals surface area contributed by atoms with Crippen LogP contribution in [0, 0.1) is 0 Å². The number of nitrogens with zero attached hydrogens (tertiary/aromatic N) is 2. The number of alkyl halides is 2. The molecule has 1 aromatic carbocycles. The lowest BCUT2D eigenvalue weighted by Gasteiger charge is -2.32. The second-order valence-electron chi connectivity index (χ2n) is 6.67. The maximum atomic E-state index is 12.9. The molecule has 0 spiro atoms. The van der Waals surface area contributed by atoms with Crippen LogP contribution in [0.2, 0.25) is 0 Å². The van der Waals surface area contributed by atoms with Crippen LogP contribution in [0.1, 0.15) is 39.9 Å². The smallest absolute Gasteiger partial charge is 0.399 e. The first-order chi connectivity index (χ1) is 10.1. The van der Waals surface area contributed by atoms with Crippen LogP contribution in [0.25, 0.3) is 11.0 Å². The van der Waals surface area contributed by atoms with Crippen LogP contribution in [-0.4, -0.2) is 27.9 Å². The van der Waals surface area contributed by atoms with E-state index in [1.165, 1.54) is 4.57 Å². The van der Waals surface area contributed by atoms with E-state index in [-0.39, 0.29) is 5.82 Å². The van der Waals surface area contributed by atoms with Gasteiger partial charge < -0.3 is 13.9 Å². The molecule has 1 saturated heterocycles. The summed E-state index contributed by atoms with van der Waals surface area (Å²) in [4.78, 5) is 4.02. The van der Waals surface area contributed by atoms with Gasteiger partial charge in [0, 0.05) is 7.05 Å². The van der Waals surface area contributed by atoms with Crippen LogP contribution in [0.4, 0.5) is 8.78 Å². The van der Waals surface area contributed by atoms with Crippen molar-refractivity contribution >= 4 is 23.6 Å². The molecule has 1 aliphatic heterocycles. The van der Waals surface area contributed by atoms with Gasteiger partial charge in [0.05, 0.1) is 22.2 Å². The largest absolute Gasteiger partial charge is 0.494 e. The van der Waals surface area contributed by atoms with Crippen molar-refractivity contribution in [2.75, 3.05) is 0 Å². The number of aryl methyl sites for hydroxylation is 1. The molecule has 0 saturated carbocycles. The quantitative estimate of drug-likeness (QED) is 0.801. The number of imidazole rings is 1. The number of fused-ring (bicyclic) bond motifs is 1. The Hall–Kier alpha value is -1.47. The van der Waals surface area contributed by atoms with Crippen molar-refractivity contribution in [1.82, 2.24) is 9.55 Å². The van der Waals surface area contributed by atoms with Gasteiger partial charge in [0.25, 0.3) is 6.43 Å². The Balaban J connectivity index is 2.00. The fourth-order valence-corrected chi connectivity index (χ4v) is 2.56. The number of benzene rings is 1. The van der Waals surface area contributed by atoms with E-state index >= 15 is 0 Å². The molecule has 0 N–H and O–H groups in total. The van der Waals surface area contributed by atoms with Crippen molar-refractivity contribution in [3.8, 4) is 0 Å². The molecule has 1 fully saturated rings. The topological polar surface area (TPSA) is 36.3 Å². The number of hydrogen-bond acceptors (Lipinski definition) is 3. The molecule has 1 aliphatic rings. The van der Waals surface area contributed by atoms with Crippen molar-refractivity contribution < 1.29 is 18.1 Å². The second kappa shape index (κ2) is 4.76. The molecule has 2 aromatic rings. The van der Waals surface area contributed by atoms with Gasteiger partial charge in [-0.05, 0) is 45.3 Å². The summed E-state index contributed by atoms with van der Waals surface area (Å²) in [6, 6.07) is 5.36. The Labute approximate surface area is 128 Å². The standard InChI is InChI=1S/C15H19BF2N2O2/c1-14(2)15(3,4)22-16(21-14)9-6-7-11-10(8-9)19-13(12(17)18)20(11)5/h6-8,12H,1-5H3. The molecular formula is C15H19BF2N2O2. The van der Waals surface area contributed by atoms with Crippen LogP contribution in [0.5, 0.6) is 0 Å². The minimum absolute atomic E-state index is 0.235. The second-order valence-corrected chi connectivity index (χ2v) is 6.67. The third-order valence-electron chi connectivity index (χ3n) is 4.66. The van der Waals surface area contributed by atoms with E-state index in [0.717, 1.165) is 5.46 Å². The molecule has 4 nitrogen and oxygen atoms in total. The Morgan fingerprint density at radius 1 is 1.14 bits per heavy atom. The first kappa shape index (κ1) is 15.4. The van der Waals surface area contributed by atoms with E-state index < -0.39 is 24.7 Å². The molecule has 22 heavy (non-hydrogen) atoms. The molecule has 1 aromatic heterocycles. The van der Waals surface area contributed by atoms with Crippen molar-refractivity contribution in [3.05, 3.63) is 24.0 Å². The minimum atomic E-state index is -2.60. The highest BCUT2D eigenvalue weighted by Crippen LogP contribution is 2.36. The third kappa shape index (κ3) is 2.23. The highest BCUT2D eigenvalue weighted by Gasteiger charge is 2.51. The molecule has 0 radical (unpaired) electrons. The van der Waals surface area contributed by atoms with Gasteiger partial charge >= 0.3 is 7.12 Å². The summed E-state index contributed by atoms with van der Waals surface area (Å²) >= 11 is 0. The number of hydrogen-bond donors (Lipinski definition) is 0. The van der Waals surface area contributed by atoms with Crippen LogP contribution in [0.15, 0.2) is 18.2 Å². The molecular weight excluding hydrogens is 289 g/mol. The first-order valence-corrected chi connectivity index (χ1v) is 7.22. The van der Waals surface area contributed by atoms with E-state index in [0.29, 0.717) is 11.0 Å². The average Bonchev–Trinajstić information content (AvgIpc) is 2.84. The van der Waals surface area contributed by atoms with E-state index in [1.54, 1.807) is 19.2 Å². The fraction of sp³-hybridized carbons (Fsp3) is 0.533. The average molecular weight is 308 g/mol. The van der Waals surface area contributed by atoms with Crippen LogP contribution < -0.4 is 5.46 Å². The van der Waals surface area contributed by atoms with E-state index in [4.69, 9.17) is 9.31 Å². The van der Waals surface area contributed by atoms with E-state index in [2.05, 4.69) is 4.98 Å². The normalized spacial score (nSPS) is 20.3. The molecule has 0 atom stereocenters. The number of rotatable bonds is 2. The molecule has 2 heterocycles. The van der Waals surface area contributed by atoms with Gasteiger partial charge in [-0.1, -0.05) is 6.07 Å². The highest BCUT2D eigenvalue weighted by molar-refractivity contribution is 6.62. The van der Waals surface area contributed by atoms with Gasteiger partial charge in [-0.3, -0.25) is 0 Å². The highest BCUT2D eigenvalue weighted by atomic mass is 19.3. The lowest BCUT2D eigenvalue weighted by Crippen LogP contribution is -2.41. The van der Waals surface area contributed by atoms with Gasteiger partial charge in [-0.2, -0.15) is 0 Å². The summed E-state index contributed by atoms with van der Waals surface area (Å²) in [7, 11) is 1.07. The van der Waals surface area contributed by atoms with Gasteiger partial charge in [-0.25, -0.2) is 13.8 Å². The zero-order valence-electron chi connectivity index (χ0n) is 13.4. The Bertz CT molecular complexity index is 712. The molecule has 7 heteroatoms. The zero-order chi connectivity index (χ0) is 16.3. The first-order valence-electron chi connectivity index (χ1n) is 7.22. The monoisotopic (exact) mass is 308 g/mol. The van der Waals surface area contributed by atoms with Gasteiger partial charge in [0.15, 0.2) is 5.82 Å². The maximum absolute atomic E-state index is 12.9. The molecule has 0 bridgehead atoms. The summed E-state index contributed by atoms with van der Waals surface area (Å²) in [6.45, 7) is 7.89. The summed E-state index contributed by atoms with van der Waals surface area (Å²) in [5.74, 6) is -0.235. The van der Waals surface area contributed by atoms with Gasteiger partial charge in [0.1, 0.15) is 0 Å². The van der Waals surface area contributed by atoms with Crippen LogP contribution >= 0.6 is 0 Å². The predicted molar refractivity (Wildman–Crippen MR) is 81.4 cm³/mol. The summed E-state index contributed by atoms with van der Waals surface area (Å²) in [5, 5.41) is 0. The molecule has 0 amide bonds. The van der Waals surface area contributed by atoms with E-state index in [9.17, 15) is 8.78 Å². The molecule has 0 aliphatic carbocycles. The SMILES string of the molecule is Cn1c(C(F)F)nc2cc(B3OC(C)(C)C(C)(C)O3)ccc21. The molecule has 0 unspecified atom stereocenters. The van der Waals surface area contributed by atoms with Crippen molar-refractivity contribution in [3.63, 3.8) is 0 Å². The Morgan fingerprint density at radius 2 is 1.73 bits per heavy atom. The molecule has 3 rings (SSSR count). The van der Waals surface area contributed by atoms with Gasteiger partial charge in [-0.15, -0.1) is 0 Å².